The summed E-state index contributed by atoms with van der Waals surface area (Å²) in [5.74, 6) is -0.239. The largest absolute Gasteiger partial charge is 0.507 e. The van der Waals surface area contributed by atoms with Gasteiger partial charge in [0.1, 0.15) is 34.7 Å². The fraction of sp³-hybridized carbons (Fsp3) is 0.375. The summed E-state index contributed by atoms with van der Waals surface area (Å²) in [7, 11) is 0. The van der Waals surface area contributed by atoms with Gasteiger partial charge in [0.25, 0.3) is 0 Å². The van der Waals surface area contributed by atoms with Crippen molar-refractivity contribution in [3.63, 3.8) is 0 Å². The molecule has 7 heterocycles. The normalized spacial score (nSPS) is 19.8. The average molecular weight is 879 g/mol. The van der Waals surface area contributed by atoms with Crippen LogP contribution in [0.4, 0.5) is 5.95 Å². The van der Waals surface area contributed by atoms with E-state index in [4.69, 9.17) is 9.51 Å². The van der Waals surface area contributed by atoms with E-state index >= 15 is 0 Å². The van der Waals surface area contributed by atoms with Gasteiger partial charge in [-0.25, -0.2) is 15.0 Å². The molecule has 328 valence electrons. The number of hydrogen-bond acceptors (Lipinski definition) is 13. The molecule has 7 aromatic rings. The number of anilines is 1. The number of β-amino-alcohol motifs (C(OH)–C–C–N with tert-alkyl or cyclic N) is 1. The summed E-state index contributed by atoms with van der Waals surface area (Å²) in [5.41, 5.74) is 10.2. The number of aryl methyl sites for hydroxylation is 1. The molecule has 0 spiro atoms. The van der Waals surface area contributed by atoms with Gasteiger partial charge in [0.2, 0.25) is 17.8 Å². The number of aliphatic hydroxyl groups is 1. The van der Waals surface area contributed by atoms with Gasteiger partial charge in [0.15, 0.2) is 0 Å². The molecule has 2 saturated heterocycles. The molecule has 2 amide bonds. The number of rotatable bonds is 12. The third-order valence-corrected chi connectivity index (χ3v) is 13.9. The molecule has 5 aromatic heterocycles. The summed E-state index contributed by atoms with van der Waals surface area (Å²) in [6.45, 7) is 9.28. The van der Waals surface area contributed by atoms with Gasteiger partial charge in [0.05, 0.1) is 45.1 Å². The summed E-state index contributed by atoms with van der Waals surface area (Å²) in [4.78, 5) is 47.0. The SMILES string of the molecule is Cc1ncsc1-c1ccc([C@H](C)NC(=O)[C@@H]2C[C@@H](O)CN2C(=O)[C@@H](c2cc(-c3ccnc(N4CC[C@H](c5cc6nnc(-c7ccccc7O)cc6n5C5CC5)C4)n3)no2)C(C)C)cc1. The van der Waals surface area contributed by atoms with Crippen molar-refractivity contribution in [3.8, 4) is 38.8 Å². The lowest BCUT2D eigenvalue weighted by Crippen LogP contribution is -2.48. The van der Waals surface area contributed by atoms with E-state index in [9.17, 15) is 19.8 Å². The molecule has 2 aliphatic heterocycles. The standard InChI is InChI=1S/C48H50N10O5S/c1-26(2)44(47(62)57-24-33(59)19-41(57)46(61)51-27(3)29-9-11-30(12-10-29)45-28(4)50-25-64-45)43-22-37(55-63-43)35-15-17-49-48(52-35)56-18-16-31(23-56)39-21-38-40(58(39)32-13-14-32)20-36(53-54-38)34-7-5-6-8-42(34)60/h5-12,15,17,20-22,25-27,31-33,41,44,59-60H,13-14,16,18-19,23-24H2,1-4H3,(H,51,61)/t27-,31-,33+,41-,44+/m0/s1. The Kier molecular flexibility index (Phi) is 10.9. The highest BCUT2D eigenvalue weighted by molar-refractivity contribution is 7.13. The van der Waals surface area contributed by atoms with Crippen LogP contribution in [0.15, 0.2) is 89.0 Å². The van der Waals surface area contributed by atoms with Crippen LogP contribution in [0.2, 0.25) is 0 Å². The van der Waals surface area contributed by atoms with Gasteiger partial charge in [-0.1, -0.05) is 55.4 Å². The number of phenolic OH excluding ortho intramolecular Hbond substituents is 1. The number of nitrogens with one attached hydrogen (secondary N) is 1. The van der Waals surface area contributed by atoms with E-state index in [1.165, 1.54) is 10.6 Å². The summed E-state index contributed by atoms with van der Waals surface area (Å²) >= 11 is 1.59. The number of aliphatic hydroxyl groups excluding tert-OH is 1. The third-order valence-electron chi connectivity index (χ3n) is 12.9. The van der Waals surface area contributed by atoms with E-state index in [0.717, 1.165) is 65.1 Å². The van der Waals surface area contributed by atoms with Crippen molar-refractivity contribution in [2.24, 2.45) is 5.92 Å². The highest BCUT2D eigenvalue weighted by Crippen LogP contribution is 2.44. The number of likely N-dealkylation sites (tertiary alicyclic amines) is 1. The molecule has 64 heavy (non-hydrogen) atoms. The maximum atomic E-state index is 14.4. The quantitative estimate of drug-likeness (QED) is 0.109. The third kappa shape index (κ3) is 7.89. The number of phenols is 1. The topological polar surface area (TPSA) is 189 Å². The van der Waals surface area contributed by atoms with Gasteiger partial charge in [-0.2, -0.15) is 0 Å². The maximum absolute atomic E-state index is 14.4. The molecule has 3 fully saturated rings. The summed E-state index contributed by atoms with van der Waals surface area (Å²) in [6, 6.07) is 22.2. The smallest absolute Gasteiger partial charge is 0.243 e. The van der Waals surface area contributed by atoms with Gasteiger partial charge in [0, 0.05) is 61.5 Å². The highest BCUT2D eigenvalue weighted by atomic mass is 32.1. The zero-order valence-corrected chi connectivity index (χ0v) is 36.9. The predicted octanol–water partition coefficient (Wildman–Crippen LogP) is 7.59. The predicted molar refractivity (Wildman–Crippen MR) is 243 cm³/mol. The first-order chi connectivity index (χ1) is 31.0. The highest BCUT2D eigenvalue weighted by Gasteiger charge is 2.44. The molecule has 0 radical (unpaired) electrons. The van der Waals surface area contributed by atoms with Crippen LogP contribution >= 0.6 is 11.3 Å². The molecule has 15 nitrogen and oxygen atoms in total. The Morgan fingerprint density at radius 2 is 1.73 bits per heavy atom. The molecule has 16 heteroatoms. The summed E-state index contributed by atoms with van der Waals surface area (Å²) in [5, 5.41) is 37.8. The first-order valence-corrected chi connectivity index (χ1v) is 22.9. The Balaban J connectivity index is 0.830. The van der Waals surface area contributed by atoms with E-state index in [1.54, 1.807) is 41.8 Å². The van der Waals surface area contributed by atoms with E-state index in [1.807, 2.05) is 75.7 Å². The number of fused-ring (bicyclic) bond motifs is 1. The first kappa shape index (κ1) is 41.5. The zero-order valence-electron chi connectivity index (χ0n) is 36.1. The second-order valence-corrected chi connectivity index (χ2v) is 18.6. The first-order valence-electron chi connectivity index (χ1n) is 22.0. The van der Waals surface area contributed by atoms with Crippen LogP contribution in [0.5, 0.6) is 5.75 Å². The van der Waals surface area contributed by atoms with Crippen molar-refractivity contribution >= 4 is 40.1 Å². The molecular weight excluding hydrogens is 829 g/mol. The lowest BCUT2D eigenvalue weighted by molar-refractivity contribution is -0.141. The number of carbonyl (C=O) groups excluding carboxylic acids is 2. The number of nitrogens with zero attached hydrogens (tertiary/aromatic N) is 9. The number of aromatic hydroxyl groups is 1. The fourth-order valence-corrected chi connectivity index (χ4v) is 10.2. The van der Waals surface area contributed by atoms with Gasteiger partial charge in [-0.15, -0.1) is 21.5 Å². The Labute approximate surface area is 374 Å². The van der Waals surface area contributed by atoms with Crippen LogP contribution in [0, 0.1) is 12.8 Å². The van der Waals surface area contributed by atoms with Crippen LogP contribution < -0.4 is 10.2 Å². The molecule has 3 N–H and O–H groups in total. The van der Waals surface area contributed by atoms with Crippen molar-refractivity contribution in [1.82, 2.24) is 45.1 Å². The summed E-state index contributed by atoms with van der Waals surface area (Å²) < 4.78 is 8.32. The van der Waals surface area contributed by atoms with E-state index in [2.05, 4.69) is 46.2 Å². The van der Waals surface area contributed by atoms with Crippen molar-refractivity contribution in [2.45, 2.75) is 89.4 Å². The van der Waals surface area contributed by atoms with Crippen LogP contribution in [0.1, 0.15) is 93.1 Å². The molecule has 0 unspecified atom stereocenters. The minimum atomic E-state index is -0.846. The molecule has 1 saturated carbocycles. The van der Waals surface area contributed by atoms with Crippen molar-refractivity contribution in [3.05, 3.63) is 107 Å². The van der Waals surface area contributed by atoms with Crippen LogP contribution in [-0.4, -0.2) is 93.6 Å². The van der Waals surface area contributed by atoms with Gasteiger partial charge < -0.3 is 34.4 Å². The lowest BCUT2D eigenvalue weighted by atomic mass is 9.91. The number of aromatic nitrogens is 7. The molecular formula is C48H50N10O5S. The monoisotopic (exact) mass is 878 g/mol. The van der Waals surface area contributed by atoms with Crippen LogP contribution in [0.3, 0.4) is 0 Å². The van der Waals surface area contributed by atoms with Crippen molar-refractivity contribution in [1.29, 1.82) is 0 Å². The minimum absolute atomic E-state index is 0.0403. The maximum Gasteiger partial charge on any atom is 0.243 e. The number of benzene rings is 2. The molecule has 3 aliphatic rings. The van der Waals surface area contributed by atoms with Crippen molar-refractivity contribution in [2.75, 3.05) is 24.5 Å². The Bertz CT molecular complexity index is 2850. The second kappa shape index (κ2) is 16.9. The second-order valence-electron chi connectivity index (χ2n) is 17.7. The van der Waals surface area contributed by atoms with E-state index in [0.29, 0.717) is 40.4 Å². The van der Waals surface area contributed by atoms with Crippen LogP contribution in [0.25, 0.3) is 44.1 Å². The summed E-state index contributed by atoms with van der Waals surface area (Å²) in [6.07, 6.45) is 4.14. The lowest BCUT2D eigenvalue weighted by Gasteiger charge is -2.29. The Hall–Kier alpha value is -6.52. The van der Waals surface area contributed by atoms with Gasteiger partial charge in [-0.3, -0.25) is 9.59 Å². The molecule has 5 atom stereocenters. The Morgan fingerprint density at radius 1 is 0.922 bits per heavy atom. The van der Waals surface area contributed by atoms with E-state index in [-0.39, 0.29) is 48.4 Å². The van der Waals surface area contributed by atoms with Gasteiger partial charge in [-0.05, 0) is 80.5 Å². The number of carbonyl (C=O) groups is 2. The number of para-hydroxylation sites is 1. The zero-order chi connectivity index (χ0) is 44.2. The molecule has 0 bridgehead atoms. The van der Waals surface area contributed by atoms with Gasteiger partial charge >= 0.3 is 0 Å². The van der Waals surface area contributed by atoms with E-state index < -0.39 is 18.1 Å². The molecule has 10 rings (SSSR count). The molecule has 1 aliphatic carbocycles. The molecule has 2 aromatic carbocycles. The van der Waals surface area contributed by atoms with Crippen molar-refractivity contribution < 1.29 is 24.3 Å². The Morgan fingerprint density at radius 3 is 2.48 bits per heavy atom. The number of thiazole rings is 1. The fourth-order valence-electron chi connectivity index (χ4n) is 9.41. The number of hydrogen-bond donors (Lipinski definition) is 3. The average Bonchev–Trinajstić information content (AvgIpc) is 3.81. The minimum Gasteiger partial charge on any atom is -0.507 e. The number of amides is 2. The van der Waals surface area contributed by atoms with Crippen LogP contribution in [-0.2, 0) is 9.59 Å².